The van der Waals surface area contributed by atoms with E-state index in [0.29, 0.717) is 13.2 Å². The van der Waals surface area contributed by atoms with E-state index in [1.54, 1.807) is 0 Å². The predicted octanol–water partition coefficient (Wildman–Crippen LogP) is 1.76. The normalized spacial score (nSPS) is 11.3. The second-order valence-electron chi connectivity index (χ2n) is 4.47. The van der Waals surface area contributed by atoms with Gasteiger partial charge in [0, 0.05) is 36.7 Å². The van der Waals surface area contributed by atoms with Crippen LogP contribution in [0.5, 0.6) is 0 Å². The molecule has 0 radical (unpaired) electrons. The van der Waals surface area contributed by atoms with Crippen LogP contribution >= 0.6 is 0 Å². The van der Waals surface area contributed by atoms with Crippen molar-refractivity contribution in [1.82, 2.24) is 9.88 Å². The molecule has 1 heterocycles. The molecule has 0 aliphatic rings. The highest BCUT2D eigenvalue weighted by Crippen LogP contribution is 2.20. The Bertz CT molecular complexity index is 508. The number of aliphatic hydroxyl groups is 1. The summed E-state index contributed by atoms with van der Waals surface area (Å²) >= 11 is 0. The lowest BCUT2D eigenvalue weighted by Crippen LogP contribution is -2.19. The summed E-state index contributed by atoms with van der Waals surface area (Å²) in [5.41, 5.74) is 2.61. The van der Waals surface area contributed by atoms with Crippen molar-refractivity contribution < 1.29 is 9.84 Å². The smallest absolute Gasteiger partial charge is 0.0698 e. The summed E-state index contributed by atoms with van der Waals surface area (Å²) in [4.78, 5) is 0. The molecule has 2 aromatic rings. The molecule has 0 aliphatic heterocycles. The van der Waals surface area contributed by atoms with E-state index in [1.165, 1.54) is 16.5 Å². The second-order valence-corrected chi connectivity index (χ2v) is 4.47. The number of hydrogen-bond acceptors (Lipinski definition) is 3. The number of nitrogens with zero attached hydrogens (tertiary/aromatic N) is 1. The van der Waals surface area contributed by atoms with Crippen molar-refractivity contribution in [1.29, 1.82) is 0 Å². The van der Waals surface area contributed by atoms with Crippen molar-refractivity contribution in [3.8, 4) is 0 Å². The van der Waals surface area contributed by atoms with E-state index < -0.39 is 0 Å². The molecule has 4 heteroatoms. The Balaban J connectivity index is 1.93. The van der Waals surface area contributed by atoms with Gasteiger partial charge in [-0.15, -0.1) is 0 Å². The molecular weight excluding hydrogens is 240 g/mol. The van der Waals surface area contributed by atoms with Gasteiger partial charge in [0.1, 0.15) is 0 Å². The first kappa shape index (κ1) is 14.1. The maximum absolute atomic E-state index is 8.60. The van der Waals surface area contributed by atoms with Crippen LogP contribution in [-0.4, -0.2) is 36.0 Å². The molecule has 2 N–H and O–H groups in total. The van der Waals surface area contributed by atoms with Crippen molar-refractivity contribution in [3.05, 3.63) is 36.0 Å². The Morgan fingerprint density at radius 1 is 1.26 bits per heavy atom. The first-order chi connectivity index (χ1) is 9.36. The molecule has 0 fully saturated rings. The highest BCUT2D eigenvalue weighted by Gasteiger charge is 2.06. The molecule has 0 atom stereocenters. The molecule has 2 rings (SSSR count). The minimum atomic E-state index is 0.0873. The predicted molar refractivity (Wildman–Crippen MR) is 77.2 cm³/mol. The van der Waals surface area contributed by atoms with Crippen LogP contribution in [0.2, 0.25) is 0 Å². The molecule has 4 nitrogen and oxygen atoms in total. The van der Waals surface area contributed by atoms with E-state index >= 15 is 0 Å². The number of benzene rings is 1. The third kappa shape index (κ3) is 3.56. The van der Waals surface area contributed by atoms with Crippen molar-refractivity contribution in [2.24, 2.45) is 0 Å². The van der Waals surface area contributed by atoms with Crippen LogP contribution < -0.4 is 5.32 Å². The van der Waals surface area contributed by atoms with Crippen LogP contribution in [-0.2, 0) is 17.8 Å². The topological polar surface area (TPSA) is 46.4 Å². The molecule has 0 saturated heterocycles. The molecule has 1 aromatic carbocycles. The zero-order valence-electron chi connectivity index (χ0n) is 11.4. The number of nitrogens with one attached hydrogen (secondary N) is 1. The van der Waals surface area contributed by atoms with E-state index in [2.05, 4.69) is 47.3 Å². The van der Waals surface area contributed by atoms with Crippen molar-refractivity contribution in [2.45, 2.75) is 20.0 Å². The summed E-state index contributed by atoms with van der Waals surface area (Å²) in [7, 11) is 0. The molecule has 0 saturated carbocycles. The van der Waals surface area contributed by atoms with E-state index in [-0.39, 0.29) is 6.61 Å². The number of fused-ring (bicyclic) bond motifs is 1. The van der Waals surface area contributed by atoms with E-state index in [4.69, 9.17) is 9.84 Å². The summed E-state index contributed by atoms with van der Waals surface area (Å²) < 4.78 is 7.49. The van der Waals surface area contributed by atoms with Crippen LogP contribution in [0.4, 0.5) is 0 Å². The Morgan fingerprint density at radius 3 is 2.89 bits per heavy atom. The average molecular weight is 262 g/mol. The largest absolute Gasteiger partial charge is 0.394 e. The van der Waals surface area contributed by atoms with Gasteiger partial charge in [0.25, 0.3) is 0 Å². The molecule has 0 bridgehead atoms. The van der Waals surface area contributed by atoms with Gasteiger partial charge in [0.15, 0.2) is 0 Å². The van der Waals surface area contributed by atoms with Crippen molar-refractivity contribution in [3.63, 3.8) is 0 Å². The van der Waals surface area contributed by atoms with Crippen LogP contribution in [0.25, 0.3) is 10.9 Å². The van der Waals surface area contributed by atoms with E-state index in [9.17, 15) is 0 Å². The minimum absolute atomic E-state index is 0.0873. The lowest BCUT2D eigenvalue weighted by molar-refractivity contribution is 0.0938. The molecule has 0 aliphatic carbocycles. The summed E-state index contributed by atoms with van der Waals surface area (Å²) in [5, 5.41) is 13.3. The van der Waals surface area contributed by atoms with E-state index in [1.807, 2.05) is 0 Å². The van der Waals surface area contributed by atoms with E-state index in [0.717, 1.165) is 19.6 Å². The lowest BCUT2D eigenvalue weighted by Gasteiger charge is -2.04. The number of aliphatic hydroxyl groups excluding tert-OH is 1. The summed E-state index contributed by atoms with van der Waals surface area (Å²) in [6.45, 7) is 5.92. The van der Waals surface area contributed by atoms with Crippen LogP contribution in [0.15, 0.2) is 30.5 Å². The van der Waals surface area contributed by atoms with Crippen molar-refractivity contribution in [2.75, 3.05) is 26.4 Å². The highest BCUT2D eigenvalue weighted by molar-refractivity contribution is 5.83. The zero-order chi connectivity index (χ0) is 13.5. The highest BCUT2D eigenvalue weighted by atomic mass is 16.5. The number of rotatable bonds is 8. The van der Waals surface area contributed by atoms with Gasteiger partial charge in [-0.3, -0.25) is 0 Å². The fraction of sp³-hybridized carbons (Fsp3) is 0.467. The molecule has 0 unspecified atom stereocenters. The molecule has 0 spiro atoms. The average Bonchev–Trinajstić information content (AvgIpc) is 2.81. The fourth-order valence-corrected chi connectivity index (χ4v) is 2.26. The Kier molecular flexibility index (Phi) is 5.39. The maximum atomic E-state index is 8.60. The molecule has 0 amide bonds. The van der Waals surface area contributed by atoms with Crippen LogP contribution in [0.3, 0.4) is 0 Å². The van der Waals surface area contributed by atoms with Gasteiger partial charge < -0.3 is 19.7 Å². The molecule has 19 heavy (non-hydrogen) atoms. The van der Waals surface area contributed by atoms with Gasteiger partial charge >= 0.3 is 0 Å². The fourth-order valence-electron chi connectivity index (χ4n) is 2.26. The Hall–Kier alpha value is -1.36. The van der Waals surface area contributed by atoms with Gasteiger partial charge in [-0.2, -0.15) is 0 Å². The summed E-state index contributed by atoms with van der Waals surface area (Å²) in [5.74, 6) is 0. The second kappa shape index (κ2) is 7.28. The zero-order valence-corrected chi connectivity index (χ0v) is 11.4. The number of para-hydroxylation sites is 1. The SMILES string of the molecule is CCn1cc(CNCCOCCO)c2ccccc21. The van der Waals surface area contributed by atoms with Crippen LogP contribution in [0, 0.1) is 0 Å². The molecular formula is C15H22N2O2. The quantitative estimate of drug-likeness (QED) is 0.713. The van der Waals surface area contributed by atoms with Gasteiger partial charge in [-0.05, 0) is 18.6 Å². The maximum Gasteiger partial charge on any atom is 0.0698 e. The number of hydrogen-bond donors (Lipinski definition) is 2. The first-order valence-electron chi connectivity index (χ1n) is 6.83. The van der Waals surface area contributed by atoms with Gasteiger partial charge in [0.2, 0.25) is 0 Å². The molecule has 1 aromatic heterocycles. The molecule has 104 valence electrons. The first-order valence-corrected chi connectivity index (χ1v) is 6.83. The number of ether oxygens (including phenoxy) is 1. The minimum Gasteiger partial charge on any atom is -0.394 e. The number of aryl methyl sites for hydroxylation is 1. The van der Waals surface area contributed by atoms with Gasteiger partial charge in [-0.1, -0.05) is 18.2 Å². The van der Waals surface area contributed by atoms with Crippen LogP contribution in [0.1, 0.15) is 12.5 Å². The van der Waals surface area contributed by atoms with Gasteiger partial charge in [0.05, 0.1) is 19.8 Å². The standard InChI is InChI=1S/C15H22N2O2/c1-2-17-12-13(11-16-7-9-19-10-8-18)14-5-3-4-6-15(14)17/h3-6,12,16,18H,2,7-11H2,1H3. The third-order valence-corrected chi connectivity index (χ3v) is 3.19. The monoisotopic (exact) mass is 262 g/mol. The van der Waals surface area contributed by atoms with Gasteiger partial charge in [-0.25, -0.2) is 0 Å². The third-order valence-electron chi connectivity index (χ3n) is 3.19. The number of aromatic nitrogens is 1. The summed E-state index contributed by atoms with van der Waals surface area (Å²) in [6.07, 6.45) is 2.21. The Morgan fingerprint density at radius 2 is 2.11 bits per heavy atom. The summed E-state index contributed by atoms with van der Waals surface area (Å²) in [6, 6.07) is 8.48. The van der Waals surface area contributed by atoms with Crippen molar-refractivity contribution >= 4 is 10.9 Å². The lowest BCUT2D eigenvalue weighted by atomic mass is 10.2. The Labute approximate surface area is 114 Å².